The molecule has 0 radical (unpaired) electrons. The van der Waals surface area contributed by atoms with E-state index in [2.05, 4.69) is 27.1 Å². The zero-order valence-corrected chi connectivity index (χ0v) is 11.2. The first-order chi connectivity index (χ1) is 8.79. The predicted molar refractivity (Wildman–Crippen MR) is 71.9 cm³/mol. The van der Waals surface area contributed by atoms with E-state index in [-0.39, 0.29) is 0 Å². The van der Waals surface area contributed by atoms with E-state index in [4.69, 9.17) is 4.74 Å². The molecule has 5 heteroatoms. The SMILES string of the molecule is CCc1cnc(N(C)CCC2CNCCO2)nc1. The molecule has 1 unspecified atom stereocenters. The predicted octanol–water partition coefficient (Wildman–Crippen LogP) is 0.854. The Balaban J connectivity index is 1.80. The summed E-state index contributed by atoms with van der Waals surface area (Å²) in [5, 5.41) is 3.34. The maximum atomic E-state index is 5.67. The van der Waals surface area contributed by atoms with Gasteiger partial charge in [0.05, 0.1) is 12.7 Å². The molecular weight excluding hydrogens is 228 g/mol. The minimum Gasteiger partial charge on any atom is -0.376 e. The fourth-order valence-corrected chi connectivity index (χ4v) is 1.97. The summed E-state index contributed by atoms with van der Waals surface area (Å²) in [5.74, 6) is 0.788. The van der Waals surface area contributed by atoms with E-state index in [0.29, 0.717) is 6.10 Å². The van der Waals surface area contributed by atoms with Crippen LogP contribution < -0.4 is 10.2 Å². The standard InChI is InChI=1S/C13H22N4O/c1-3-11-8-15-13(16-9-11)17(2)6-4-12-10-14-5-7-18-12/h8-9,12,14H,3-7,10H2,1-2H3. The van der Waals surface area contributed by atoms with Crippen LogP contribution in [0.3, 0.4) is 0 Å². The lowest BCUT2D eigenvalue weighted by molar-refractivity contribution is 0.0250. The van der Waals surface area contributed by atoms with Crippen LogP contribution in [0.15, 0.2) is 12.4 Å². The van der Waals surface area contributed by atoms with Crippen LogP contribution >= 0.6 is 0 Å². The van der Waals surface area contributed by atoms with Crippen LogP contribution in [-0.2, 0) is 11.2 Å². The van der Waals surface area contributed by atoms with Crippen LogP contribution in [-0.4, -0.2) is 49.4 Å². The number of nitrogens with zero attached hydrogens (tertiary/aromatic N) is 3. The van der Waals surface area contributed by atoms with Gasteiger partial charge in [-0.1, -0.05) is 6.92 Å². The van der Waals surface area contributed by atoms with Crippen molar-refractivity contribution in [3.8, 4) is 0 Å². The second-order valence-electron chi connectivity index (χ2n) is 4.65. The van der Waals surface area contributed by atoms with Crippen LogP contribution in [0.1, 0.15) is 18.9 Å². The molecule has 0 saturated carbocycles. The average molecular weight is 250 g/mol. The molecule has 0 aliphatic carbocycles. The summed E-state index contributed by atoms with van der Waals surface area (Å²) in [6.07, 6.45) is 6.10. The Morgan fingerprint density at radius 3 is 2.83 bits per heavy atom. The molecule has 2 heterocycles. The van der Waals surface area contributed by atoms with Crippen LogP contribution in [0.4, 0.5) is 5.95 Å². The monoisotopic (exact) mass is 250 g/mol. The number of hydrogen-bond acceptors (Lipinski definition) is 5. The minimum atomic E-state index is 0.316. The van der Waals surface area contributed by atoms with Crippen LogP contribution in [0.25, 0.3) is 0 Å². The van der Waals surface area contributed by atoms with Crippen molar-refractivity contribution in [3.63, 3.8) is 0 Å². The molecule has 18 heavy (non-hydrogen) atoms. The second kappa shape index (κ2) is 6.66. The van der Waals surface area contributed by atoms with Gasteiger partial charge in [0.15, 0.2) is 0 Å². The zero-order valence-electron chi connectivity index (χ0n) is 11.2. The van der Waals surface area contributed by atoms with Crippen molar-refractivity contribution in [2.24, 2.45) is 0 Å². The highest BCUT2D eigenvalue weighted by molar-refractivity contribution is 5.28. The average Bonchev–Trinajstić information content (AvgIpc) is 2.46. The normalized spacial score (nSPS) is 19.8. The van der Waals surface area contributed by atoms with Gasteiger partial charge < -0.3 is 15.0 Å². The Bertz CT molecular complexity index is 349. The van der Waals surface area contributed by atoms with Gasteiger partial charge in [-0.15, -0.1) is 0 Å². The quantitative estimate of drug-likeness (QED) is 0.840. The lowest BCUT2D eigenvalue weighted by Gasteiger charge is -2.25. The summed E-state index contributed by atoms with van der Waals surface area (Å²) < 4.78 is 5.67. The second-order valence-corrected chi connectivity index (χ2v) is 4.65. The Kier molecular flexibility index (Phi) is 4.90. The van der Waals surface area contributed by atoms with Gasteiger partial charge in [-0.3, -0.25) is 0 Å². The molecule has 1 atom stereocenters. The first-order valence-corrected chi connectivity index (χ1v) is 6.64. The van der Waals surface area contributed by atoms with Gasteiger partial charge in [0.25, 0.3) is 0 Å². The summed E-state index contributed by atoms with van der Waals surface area (Å²) in [6, 6.07) is 0. The number of anilines is 1. The van der Waals surface area contributed by atoms with E-state index in [1.165, 1.54) is 5.56 Å². The highest BCUT2D eigenvalue weighted by Gasteiger charge is 2.14. The largest absolute Gasteiger partial charge is 0.376 e. The Morgan fingerprint density at radius 2 is 2.22 bits per heavy atom. The number of rotatable bonds is 5. The van der Waals surface area contributed by atoms with E-state index in [1.54, 1.807) is 0 Å². The van der Waals surface area contributed by atoms with E-state index in [9.17, 15) is 0 Å². The fraction of sp³-hybridized carbons (Fsp3) is 0.692. The van der Waals surface area contributed by atoms with Crippen molar-refractivity contribution in [1.29, 1.82) is 0 Å². The molecule has 100 valence electrons. The lowest BCUT2D eigenvalue weighted by atomic mass is 10.2. The van der Waals surface area contributed by atoms with Gasteiger partial charge in [-0.05, 0) is 18.4 Å². The molecule has 5 nitrogen and oxygen atoms in total. The highest BCUT2D eigenvalue weighted by Crippen LogP contribution is 2.08. The van der Waals surface area contributed by atoms with Crippen molar-refractivity contribution in [1.82, 2.24) is 15.3 Å². The van der Waals surface area contributed by atoms with Gasteiger partial charge in [0.2, 0.25) is 5.95 Å². The Morgan fingerprint density at radius 1 is 1.44 bits per heavy atom. The number of ether oxygens (including phenoxy) is 1. The van der Waals surface area contributed by atoms with Crippen molar-refractivity contribution in [2.75, 3.05) is 38.2 Å². The molecule has 0 bridgehead atoms. The third-order valence-corrected chi connectivity index (χ3v) is 3.23. The minimum absolute atomic E-state index is 0.316. The maximum absolute atomic E-state index is 5.67. The van der Waals surface area contributed by atoms with Crippen molar-refractivity contribution in [3.05, 3.63) is 18.0 Å². The van der Waals surface area contributed by atoms with Gasteiger partial charge in [0.1, 0.15) is 0 Å². The van der Waals surface area contributed by atoms with E-state index in [0.717, 1.165) is 45.0 Å². The smallest absolute Gasteiger partial charge is 0.224 e. The molecule has 2 rings (SSSR count). The molecule has 0 aromatic carbocycles. The van der Waals surface area contributed by atoms with Gasteiger partial charge in [-0.25, -0.2) is 9.97 Å². The third kappa shape index (κ3) is 3.65. The van der Waals surface area contributed by atoms with Crippen molar-refractivity contribution >= 4 is 5.95 Å². The van der Waals surface area contributed by atoms with Crippen LogP contribution in [0.2, 0.25) is 0 Å². The van der Waals surface area contributed by atoms with E-state index < -0.39 is 0 Å². The van der Waals surface area contributed by atoms with Gasteiger partial charge >= 0.3 is 0 Å². The zero-order chi connectivity index (χ0) is 12.8. The lowest BCUT2D eigenvalue weighted by Crippen LogP contribution is -2.40. The molecule has 1 aliphatic rings. The molecule has 1 saturated heterocycles. The van der Waals surface area contributed by atoms with Crippen LogP contribution in [0, 0.1) is 0 Å². The summed E-state index contributed by atoms with van der Waals surface area (Å²) in [7, 11) is 2.03. The topological polar surface area (TPSA) is 50.3 Å². The van der Waals surface area contributed by atoms with Gasteiger partial charge in [0, 0.05) is 39.1 Å². The molecule has 1 aliphatic heterocycles. The number of aryl methyl sites for hydroxylation is 1. The molecule has 0 amide bonds. The number of nitrogens with one attached hydrogen (secondary N) is 1. The third-order valence-electron chi connectivity index (χ3n) is 3.23. The maximum Gasteiger partial charge on any atom is 0.224 e. The van der Waals surface area contributed by atoms with E-state index in [1.807, 2.05) is 19.4 Å². The Hall–Kier alpha value is -1.20. The Labute approximate surface area is 109 Å². The van der Waals surface area contributed by atoms with E-state index >= 15 is 0 Å². The summed E-state index contributed by atoms with van der Waals surface area (Å²) in [6.45, 7) is 5.75. The molecule has 1 N–H and O–H groups in total. The number of aromatic nitrogens is 2. The van der Waals surface area contributed by atoms with Crippen LogP contribution in [0.5, 0.6) is 0 Å². The summed E-state index contributed by atoms with van der Waals surface area (Å²) in [4.78, 5) is 10.8. The van der Waals surface area contributed by atoms with Crippen molar-refractivity contribution in [2.45, 2.75) is 25.9 Å². The first-order valence-electron chi connectivity index (χ1n) is 6.64. The van der Waals surface area contributed by atoms with Gasteiger partial charge in [-0.2, -0.15) is 0 Å². The van der Waals surface area contributed by atoms with Crippen molar-refractivity contribution < 1.29 is 4.74 Å². The molecule has 1 aromatic rings. The number of morpholine rings is 1. The summed E-state index contributed by atoms with van der Waals surface area (Å²) >= 11 is 0. The molecule has 1 aromatic heterocycles. The molecular formula is C13H22N4O. The fourth-order valence-electron chi connectivity index (χ4n) is 1.97. The first kappa shape index (κ1) is 13.2. The highest BCUT2D eigenvalue weighted by atomic mass is 16.5. The summed E-state index contributed by atoms with van der Waals surface area (Å²) in [5.41, 5.74) is 1.17. The molecule has 1 fully saturated rings. The number of hydrogen-bond donors (Lipinski definition) is 1. The molecule has 0 spiro atoms.